The Morgan fingerprint density at radius 3 is 3.10 bits per heavy atom. The van der Waals surface area contributed by atoms with Gasteiger partial charge in [-0.3, -0.25) is 0 Å². The van der Waals surface area contributed by atoms with Crippen LogP contribution in [-0.2, 0) is 17.8 Å². The molecule has 1 aliphatic rings. The topological polar surface area (TPSA) is 98.3 Å². The van der Waals surface area contributed by atoms with Crippen molar-refractivity contribution < 1.29 is 14.7 Å². The van der Waals surface area contributed by atoms with Gasteiger partial charge in [0, 0.05) is 18.2 Å². The number of H-pyrrole nitrogens is 1. The average molecular weight is 312 g/mol. The molecule has 2 heterocycles. The molecule has 7 nitrogen and oxygen atoms in total. The molecule has 0 spiro atoms. The van der Waals surface area contributed by atoms with Gasteiger partial charge in [-0.25, -0.2) is 14.6 Å². The van der Waals surface area contributed by atoms with Crippen LogP contribution in [0.4, 0.5) is 4.79 Å². The first-order valence-corrected chi connectivity index (χ1v) is 8.07. The number of carbonyl (C=O) groups is 2. The Morgan fingerprint density at radius 2 is 2.43 bits per heavy atom. The van der Waals surface area contributed by atoms with E-state index in [1.54, 1.807) is 11.8 Å². The summed E-state index contributed by atoms with van der Waals surface area (Å²) in [6.45, 7) is 4.22. The van der Waals surface area contributed by atoms with Crippen LogP contribution in [-0.4, -0.2) is 55.6 Å². The molecule has 1 aromatic rings. The molecule has 1 aromatic heterocycles. The summed E-state index contributed by atoms with van der Waals surface area (Å²) in [5.41, 5.74) is 1.53. The standard InChI is InChI=1S/C13H20N4O3S/c1-3-21-6-8(2)16-13(20)17-5-10-9(14-7-15-10)4-11(17)12(18)19/h7-8,11H,3-6H2,1-2H3,(H,14,15)(H,16,20)(H,18,19). The number of thioether (sulfide) groups is 1. The minimum atomic E-state index is -1.01. The monoisotopic (exact) mass is 312 g/mol. The number of nitrogens with zero attached hydrogens (tertiary/aromatic N) is 2. The van der Waals surface area contributed by atoms with Gasteiger partial charge < -0.3 is 20.3 Å². The van der Waals surface area contributed by atoms with E-state index in [1.807, 2.05) is 6.92 Å². The van der Waals surface area contributed by atoms with Gasteiger partial charge in [0.15, 0.2) is 0 Å². The molecule has 0 bridgehead atoms. The molecular weight excluding hydrogens is 292 g/mol. The first kappa shape index (κ1) is 15.7. The maximum Gasteiger partial charge on any atom is 0.326 e. The third-order valence-corrected chi connectivity index (χ3v) is 4.53. The van der Waals surface area contributed by atoms with Crippen LogP contribution < -0.4 is 5.32 Å². The molecule has 0 aliphatic carbocycles. The van der Waals surface area contributed by atoms with Gasteiger partial charge >= 0.3 is 12.0 Å². The van der Waals surface area contributed by atoms with E-state index in [1.165, 1.54) is 11.2 Å². The molecule has 0 fully saturated rings. The number of aliphatic carboxylic acids is 1. The van der Waals surface area contributed by atoms with Crippen molar-refractivity contribution in [3.63, 3.8) is 0 Å². The van der Waals surface area contributed by atoms with Crippen LogP contribution >= 0.6 is 11.8 Å². The van der Waals surface area contributed by atoms with Crippen LogP contribution in [0.15, 0.2) is 6.33 Å². The van der Waals surface area contributed by atoms with Crippen LogP contribution in [0.5, 0.6) is 0 Å². The summed E-state index contributed by atoms with van der Waals surface area (Å²) in [6.07, 6.45) is 1.77. The Labute approximate surface area is 127 Å². The van der Waals surface area contributed by atoms with Crippen molar-refractivity contribution in [2.24, 2.45) is 0 Å². The molecule has 1 aliphatic heterocycles. The van der Waals surface area contributed by atoms with Gasteiger partial charge in [0.05, 0.1) is 24.3 Å². The number of amides is 2. The first-order chi connectivity index (χ1) is 10.0. The summed E-state index contributed by atoms with van der Waals surface area (Å²) in [5.74, 6) is 0.789. The van der Waals surface area contributed by atoms with Crippen LogP contribution in [0.2, 0.25) is 0 Å². The lowest BCUT2D eigenvalue weighted by molar-refractivity contribution is -0.142. The zero-order chi connectivity index (χ0) is 15.4. The minimum Gasteiger partial charge on any atom is -0.480 e. The van der Waals surface area contributed by atoms with Crippen LogP contribution in [0.25, 0.3) is 0 Å². The first-order valence-electron chi connectivity index (χ1n) is 6.91. The summed E-state index contributed by atoms with van der Waals surface area (Å²) in [4.78, 5) is 32.1. The summed E-state index contributed by atoms with van der Waals surface area (Å²) in [6, 6.07) is -1.21. The number of rotatable bonds is 5. The van der Waals surface area contributed by atoms with E-state index in [0.29, 0.717) is 0 Å². The highest BCUT2D eigenvalue weighted by Gasteiger charge is 2.36. The summed E-state index contributed by atoms with van der Waals surface area (Å²) < 4.78 is 0. The van der Waals surface area contributed by atoms with Gasteiger partial charge in [-0.2, -0.15) is 11.8 Å². The molecule has 0 aromatic carbocycles. The van der Waals surface area contributed by atoms with E-state index in [-0.39, 0.29) is 25.0 Å². The van der Waals surface area contributed by atoms with Crippen molar-refractivity contribution >= 4 is 23.8 Å². The van der Waals surface area contributed by atoms with Gasteiger partial charge in [-0.15, -0.1) is 0 Å². The smallest absolute Gasteiger partial charge is 0.326 e. The molecule has 2 amide bonds. The minimum absolute atomic E-state index is 0.0000543. The van der Waals surface area contributed by atoms with Crippen molar-refractivity contribution in [2.45, 2.75) is 38.9 Å². The molecule has 0 saturated heterocycles. The van der Waals surface area contributed by atoms with Crippen molar-refractivity contribution in [1.82, 2.24) is 20.2 Å². The number of imidazole rings is 1. The predicted molar refractivity (Wildman–Crippen MR) is 80.3 cm³/mol. The second kappa shape index (κ2) is 6.84. The lowest BCUT2D eigenvalue weighted by Gasteiger charge is -2.33. The number of carboxylic acid groups (broad SMARTS) is 1. The van der Waals surface area contributed by atoms with Crippen LogP contribution in [0.1, 0.15) is 25.2 Å². The number of hydrogen-bond acceptors (Lipinski definition) is 4. The Morgan fingerprint density at radius 1 is 1.67 bits per heavy atom. The number of carbonyl (C=O) groups excluding carboxylic acids is 1. The van der Waals surface area contributed by atoms with Gasteiger partial charge in [-0.05, 0) is 12.7 Å². The normalized spacial score (nSPS) is 19.0. The molecule has 0 radical (unpaired) electrons. The SMILES string of the molecule is CCSCC(C)NC(=O)N1Cc2[nH]cnc2CC1C(=O)O. The summed E-state index contributed by atoms with van der Waals surface area (Å²) in [7, 11) is 0. The van der Waals surface area contributed by atoms with Crippen molar-refractivity contribution in [3.8, 4) is 0 Å². The predicted octanol–water partition coefficient (Wildman–Crippen LogP) is 1.07. The second-order valence-electron chi connectivity index (χ2n) is 5.02. The van der Waals surface area contributed by atoms with Gasteiger partial charge in [-0.1, -0.05) is 6.92 Å². The fourth-order valence-electron chi connectivity index (χ4n) is 2.30. The Balaban J connectivity index is 2.05. The fraction of sp³-hybridized carbons (Fsp3) is 0.615. The van der Waals surface area contributed by atoms with Crippen molar-refractivity contribution in [3.05, 3.63) is 17.7 Å². The number of fused-ring (bicyclic) bond motifs is 1. The number of hydrogen-bond donors (Lipinski definition) is 3. The maximum absolute atomic E-state index is 12.3. The fourth-order valence-corrected chi connectivity index (χ4v) is 2.97. The third-order valence-electron chi connectivity index (χ3n) is 3.39. The van der Waals surface area contributed by atoms with Crippen molar-refractivity contribution in [1.29, 1.82) is 0 Å². The average Bonchev–Trinajstić information content (AvgIpc) is 2.90. The highest BCUT2D eigenvalue weighted by atomic mass is 32.2. The van der Waals surface area contributed by atoms with E-state index in [9.17, 15) is 14.7 Å². The van der Waals surface area contributed by atoms with Crippen LogP contribution in [0.3, 0.4) is 0 Å². The number of aromatic nitrogens is 2. The summed E-state index contributed by atoms with van der Waals surface area (Å²) >= 11 is 1.74. The molecule has 3 N–H and O–H groups in total. The maximum atomic E-state index is 12.3. The third kappa shape index (κ3) is 3.69. The van der Waals surface area contributed by atoms with E-state index >= 15 is 0 Å². The van der Waals surface area contributed by atoms with Crippen LogP contribution in [0, 0.1) is 0 Å². The zero-order valence-corrected chi connectivity index (χ0v) is 12.9. The van der Waals surface area contributed by atoms with E-state index in [0.717, 1.165) is 22.9 Å². The van der Waals surface area contributed by atoms with E-state index < -0.39 is 12.0 Å². The number of urea groups is 1. The number of aromatic amines is 1. The van der Waals surface area contributed by atoms with Gasteiger partial charge in [0.1, 0.15) is 6.04 Å². The highest BCUT2D eigenvalue weighted by Crippen LogP contribution is 2.21. The molecule has 2 rings (SSSR count). The summed E-state index contributed by atoms with van der Waals surface area (Å²) in [5, 5.41) is 12.2. The van der Waals surface area contributed by atoms with Gasteiger partial charge in [0.2, 0.25) is 0 Å². The molecule has 2 unspecified atom stereocenters. The Kier molecular flexibility index (Phi) is 5.11. The largest absolute Gasteiger partial charge is 0.480 e. The molecule has 116 valence electrons. The Hall–Kier alpha value is -1.70. The second-order valence-corrected chi connectivity index (χ2v) is 6.34. The van der Waals surface area contributed by atoms with Gasteiger partial charge in [0.25, 0.3) is 0 Å². The molecule has 8 heteroatoms. The van der Waals surface area contributed by atoms with E-state index in [4.69, 9.17) is 0 Å². The van der Waals surface area contributed by atoms with Crippen molar-refractivity contribution in [2.75, 3.05) is 11.5 Å². The highest BCUT2D eigenvalue weighted by molar-refractivity contribution is 7.99. The molecule has 2 atom stereocenters. The molecule has 21 heavy (non-hydrogen) atoms. The lowest BCUT2D eigenvalue weighted by atomic mass is 10.0. The number of carboxylic acids is 1. The zero-order valence-electron chi connectivity index (χ0n) is 12.1. The number of nitrogens with one attached hydrogen (secondary N) is 2. The molecule has 0 saturated carbocycles. The van der Waals surface area contributed by atoms with E-state index in [2.05, 4.69) is 22.2 Å². The lowest BCUT2D eigenvalue weighted by Crippen LogP contribution is -2.54. The Bertz CT molecular complexity index is 519. The quantitative estimate of drug-likeness (QED) is 0.755. The molecular formula is C13H20N4O3S.